The van der Waals surface area contributed by atoms with Crippen molar-refractivity contribution in [1.82, 2.24) is 9.97 Å². The van der Waals surface area contributed by atoms with Crippen LogP contribution in [0.15, 0.2) is 45.8 Å². The van der Waals surface area contributed by atoms with Gasteiger partial charge in [-0.1, -0.05) is 28.1 Å². The number of aliphatic hydroxyl groups is 1. The Bertz CT molecular complexity index is 602. The zero-order chi connectivity index (χ0) is 12.3. The minimum Gasteiger partial charge on any atom is -0.507 e. The van der Waals surface area contributed by atoms with E-state index >= 15 is 0 Å². The summed E-state index contributed by atoms with van der Waals surface area (Å²) in [5, 5.41) is 9.86. The molecule has 0 fully saturated rings. The summed E-state index contributed by atoms with van der Waals surface area (Å²) < 4.78 is 0.936. The van der Waals surface area contributed by atoms with Gasteiger partial charge < -0.3 is 10.1 Å². The van der Waals surface area contributed by atoms with Crippen LogP contribution in [0.2, 0.25) is 0 Å². The molecule has 1 aromatic carbocycles. The van der Waals surface area contributed by atoms with Gasteiger partial charge in [-0.15, -0.1) is 0 Å². The number of hydrogen-bond donors (Lipinski definition) is 2. The summed E-state index contributed by atoms with van der Waals surface area (Å²) in [6.45, 7) is 0. The standard InChI is InChI=1S/C12H9BrN2O2/c13-9-3-1-8(2-4-9)11(16)7-10-5-6-14-12(17)15-10/h1-7,16H,(H,14,15,17). The van der Waals surface area contributed by atoms with Gasteiger partial charge in [0.1, 0.15) is 5.76 Å². The van der Waals surface area contributed by atoms with Gasteiger partial charge in [-0.05, 0) is 18.2 Å². The van der Waals surface area contributed by atoms with Gasteiger partial charge in [0.05, 0.1) is 0 Å². The van der Waals surface area contributed by atoms with E-state index in [0.29, 0.717) is 11.3 Å². The highest BCUT2D eigenvalue weighted by molar-refractivity contribution is 9.10. The van der Waals surface area contributed by atoms with Crippen LogP contribution in [0.25, 0.3) is 11.8 Å². The van der Waals surface area contributed by atoms with Gasteiger partial charge in [-0.3, -0.25) is 0 Å². The van der Waals surface area contributed by atoms with E-state index in [4.69, 9.17) is 0 Å². The van der Waals surface area contributed by atoms with Crippen LogP contribution >= 0.6 is 15.9 Å². The van der Waals surface area contributed by atoms with Crippen molar-refractivity contribution in [2.75, 3.05) is 0 Å². The van der Waals surface area contributed by atoms with E-state index in [1.54, 1.807) is 18.2 Å². The summed E-state index contributed by atoms with van der Waals surface area (Å²) in [6.07, 6.45) is 2.87. The second-order valence-electron chi connectivity index (χ2n) is 3.37. The lowest BCUT2D eigenvalue weighted by atomic mass is 10.1. The SMILES string of the molecule is O=c1nccc(C=C(O)c2ccc(Br)cc2)[nH]1. The number of hydrogen-bond acceptors (Lipinski definition) is 3. The quantitative estimate of drug-likeness (QED) is 0.836. The Morgan fingerprint density at radius 3 is 2.65 bits per heavy atom. The number of nitrogens with zero attached hydrogens (tertiary/aromatic N) is 1. The summed E-state index contributed by atoms with van der Waals surface area (Å²) in [7, 11) is 0. The molecule has 17 heavy (non-hydrogen) atoms. The molecule has 0 aliphatic heterocycles. The van der Waals surface area contributed by atoms with Crippen LogP contribution in [0.4, 0.5) is 0 Å². The van der Waals surface area contributed by atoms with Crippen molar-refractivity contribution in [3.8, 4) is 0 Å². The van der Waals surface area contributed by atoms with Gasteiger partial charge in [0.25, 0.3) is 0 Å². The summed E-state index contributed by atoms with van der Waals surface area (Å²) in [5.74, 6) is 0.0827. The van der Waals surface area contributed by atoms with Gasteiger partial charge in [0, 0.05) is 28.0 Å². The predicted octanol–water partition coefficient (Wildman–Crippen LogP) is 2.59. The minimum absolute atomic E-state index is 0.0827. The summed E-state index contributed by atoms with van der Waals surface area (Å²) >= 11 is 3.31. The first-order chi connectivity index (χ1) is 8.15. The lowest BCUT2D eigenvalue weighted by Crippen LogP contribution is -2.09. The molecule has 1 aromatic heterocycles. The number of aromatic nitrogens is 2. The summed E-state index contributed by atoms with van der Waals surface area (Å²) in [6, 6.07) is 8.81. The molecule has 1 heterocycles. The van der Waals surface area contributed by atoms with Crippen molar-refractivity contribution in [3.63, 3.8) is 0 Å². The van der Waals surface area contributed by atoms with Crippen molar-refractivity contribution < 1.29 is 5.11 Å². The molecular formula is C12H9BrN2O2. The van der Waals surface area contributed by atoms with Crippen molar-refractivity contribution in [1.29, 1.82) is 0 Å². The van der Waals surface area contributed by atoms with E-state index in [9.17, 15) is 9.90 Å². The number of aromatic amines is 1. The van der Waals surface area contributed by atoms with Crippen LogP contribution in [0, 0.1) is 0 Å². The normalized spacial score (nSPS) is 11.5. The third-order valence-electron chi connectivity index (χ3n) is 2.13. The lowest BCUT2D eigenvalue weighted by Gasteiger charge is -2.00. The first-order valence-electron chi connectivity index (χ1n) is 4.87. The number of benzene rings is 1. The predicted molar refractivity (Wildman–Crippen MR) is 69.5 cm³/mol. The fourth-order valence-electron chi connectivity index (χ4n) is 1.32. The highest BCUT2D eigenvalue weighted by atomic mass is 79.9. The zero-order valence-electron chi connectivity index (χ0n) is 8.72. The Labute approximate surface area is 106 Å². The second kappa shape index (κ2) is 4.97. The maximum absolute atomic E-state index is 11.0. The number of rotatable bonds is 2. The highest BCUT2D eigenvalue weighted by Gasteiger charge is 1.99. The topological polar surface area (TPSA) is 66.0 Å². The van der Waals surface area contributed by atoms with Crippen LogP contribution in [-0.2, 0) is 0 Å². The monoisotopic (exact) mass is 292 g/mol. The van der Waals surface area contributed by atoms with Crippen LogP contribution < -0.4 is 5.69 Å². The molecule has 2 aromatic rings. The molecule has 0 amide bonds. The smallest absolute Gasteiger partial charge is 0.345 e. The molecule has 0 saturated carbocycles. The first kappa shape index (κ1) is 11.6. The van der Waals surface area contributed by atoms with Gasteiger partial charge in [0.2, 0.25) is 0 Å². The van der Waals surface area contributed by atoms with E-state index in [1.165, 1.54) is 12.3 Å². The maximum atomic E-state index is 11.0. The molecule has 5 heteroatoms. The highest BCUT2D eigenvalue weighted by Crippen LogP contribution is 2.17. The molecule has 0 atom stereocenters. The van der Waals surface area contributed by atoms with Crippen molar-refractivity contribution in [3.05, 3.63) is 62.7 Å². The number of halogens is 1. The van der Waals surface area contributed by atoms with Crippen molar-refractivity contribution in [2.45, 2.75) is 0 Å². The minimum atomic E-state index is -0.442. The van der Waals surface area contributed by atoms with E-state index in [1.807, 2.05) is 12.1 Å². The Morgan fingerprint density at radius 2 is 2.00 bits per heavy atom. The molecule has 0 aliphatic rings. The molecule has 0 aliphatic carbocycles. The molecule has 2 N–H and O–H groups in total. The first-order valence-corrected chi connectivity index (χ1v) is 5.66. The molecule has 0 radical (unpaired) electrons. The Hall–Kier alpha value is -1.88. The molecule has 0 bridgehead atoms. The van der Waals surface area contributed by atoms with Gasteiger partial charge >= 0.3 is 5.69 Å². The molecule has 0 spiro atoms. The largest absolute Gasteiger partial charge is 0.507 e. The van der Waals surface area contributed by atoms with Gasteiger partial charge in [-0.25, -0.2) is 9.78 Å². The van der Waals surface area contributed by atoms with E-state index < -0.39 is 5.69 Å². The van der Waals surface area contributed by atoms with Crippen LogP contribution in [0.3, 0.4) is 0 Å². The van der Waals surface area contributed by atoms with E-state index in [0.717, 1.165) is 4.47 Å². The molecule has 0 saturated heterocycles. The van der Waals surface area contributed by atoms with Gasteiger partial charge in [-0.2, -0.15) is 0 Å². The summed E-state index contributed by atoms with van der Waals surface area (Å²) in [4.78, 5) is 17.0. The van der Waals surface area contributed by atoms with Gasteiger partial charge in [0.15, 0.2) is 0 Å². The van der Waals surface area contributed by atoms with Crippen LogP contribution in [-0.4, -0.2) is 15.1 Å². The molecular weight excluding hydrogens is 284 g/mol. The Morgan fingerprint density at radius 1 is 1.29 bits per heavy atom. The molecule has 86 valence electrons. The van der Waals surface area contributed by atoms with Crippen molar-refractivity contribution >= 4 is 27.8 Å². The number of H-pyrrole nitrogens is 1. The third-order valence-corrected chi connectivity index (χ3v) is 2.66. The summed E-state index contributed by atoms with van der Waals surface area (Å²) in [5.41, 5.74) is 0.735. The zero-order valence-corrected chi connectivity index (χ0v) is 10.3. The molecule has 4 nitrogen and oxygen atoms in total. The lowest BCUT2D eigenvalue weighted by molar-refractivity contribution is 0.515. The van der Waals surface area contributed by atoms with Crippen LogP contribution in [0.1, 0.15) is 11.3 Å². The maximum Gasteiger partial charge on any atom is 0.345 e. The van der Waals surface area contributed by atoms with Crippen molar-refractivity contribution in [2.24, 2.45) is 0 Å². The third kappa shape index (κ3) is 3.04. The van der Waals surface area contributed by atoms with Crippen LogP contribution in [0.5, 0.6) is 0 Å². The fourth-order valence-corrected chi connectivity index (χ4v) is 1.58. The second-order valence-corrected chi connectivity index (χ2v) is 4.28. The average molecular weight is 293 g/mol. The fraction of sp³-hybridized carbons (Fsp3) is 0. The molecule has 0 unspecified atom stereocenters. The van der Waals surface area contributed by atoms with E-state index in [-0.39, 0.29) is 5.76 Å². The van der Waals surface area contributed by atoms with E-state index in [2.05, 4.69) is 25.9 Å². The Kier molecular flexibility index (Phi) is 3.39. The molecule has 2 rings (SSSR count). The number of nitrogens with one attached hydrogen (secondary N) is 1. The number of aliphatic hydroxyl groups excluding tert-OH is 1. The Balaban J connectivity index is 2.34. The average Bonchev–Trinajstić information content (AvgIpc) is 2.29.